The lowest BCUT2D eigenvalue weighted by atomic mass is 10.1. The van der Waals surface area contributed by atoms with Crippen LogP contribution in [0.3, 0.4) is 0 Å². The molecule has 0 saturated heterocycles. The van der Waals surface area contributed by atoms with Gasteiger partial charge in [0.05, 0.1) is 7.11 Å². The zero-order chi connectivity index (χ0) is 16.0. The van der Waals surface area contributed by atoms with E-state index >= 15 is 0 Å². The molecule has 2 N–H and O–H groups in total. The van der Waals surface area contributed by atoms with Crippen LogP contribution >= 0.6 is 0 Å². The van der Waals surface area contributed by atoms with Gasteiger partial charge in [-0.3, -0.25) is 4.79 Å². The predicted molar refractivity (Wildman–Crippen MR) is 77.0 cm³/mol. The van der Waals surface area contributed by atoms with Crippen molar-refractivity contribution in [1.29, 1.82) is 0 Å². The van der Waals surface area contributed by atoms with Crippen molar-refractivity contribution < 1.29 is 23.8 Å². The van der Waals surface area contributed by atoms with E-state index in [9.17, 15) is 9.59 Å². The highest BCUT2D eigenvalue weighted by molar-refractivity contribution is 5.75. The van der Waals surface area contributed by atoms with Crippen LogP contribution in [0.15, 0.2) is 24.3 Å². The van der Waals surface area contributed by atoms with Crippen LogP contribution in [-0.4, -0.2) is 30.9 Å². The van der Waals surface area contributed by atoms with Crippen LogP contribution in [0.25, 0.3) is 0 Å². The Kier molecular flexibility index (Phi) is 5.72. The predicted octanol–water partition coefficient (Wildman–Crippen LogP) is 2.04. The van der Waals surface area contributed by atoms with E-state index in [0.717, 1.165) is 5.56 Å². The largest absolute Gasteiger partial charge is 0.514 e. The fourth-order valence-corrected chi connectivity index (χ4v) is 1.55. The quantitative estimate of drug-likeness (QED) is 0.675. The molecule has 21 heavy (non-hydrogen) atoms. The highest BCUT2D eigenvalue weighted by Gasteiger charge is 2.18. The molecule has 1 atom stereocenters. The Hall–Kier alpha value is -2.08. The number of nitrogens with two attached hydrogens (primary N) is 1. The van der Waals surface area contributed by atoms with Crippen molar-refractivity contribution in [1.82, 2.24) is 0 Å². The van der Waals surface area contributed by atoms with Crippen molar-refractivity contribution in [2.45, 2.75) is 38.8 Å². The minimum absolute atomic E-state index is 0.347. The maximum absolute atomic E-state index is 11.5. The summed E-state index contributed by atoms with van der Waals surface area (Å²) in [6, 6.07) is 5.96. The number of rotatable bonds is 4. The minimum atomic E-state index is -0.762. The van der Waals surface area contributed by atoms with Crippen molar-refractivity contribution in [2.75, 3.05) is 7.11 Å². The second-order valence-corrected chi connectivity index (χ2v) is 5.54. The van der Waals surface area contributed by atoms with Crippen LogP contribution in [0.1, 0.15) is 26.3 Å². The van der Waals surface area contributed by atoms with Gasteiger partial charge in [-0.2, -0.15) is 0 Å². The molecule has 0 heterocycles. The third kappa shape index (κ3) is 6.27. The van der Waals surface area contributed by atoms with E-state index in [0.29, 0.717) is 12.2 Å². The lowest BCUT2D eigenvalue weighted by Crippen LogP contribution is -2.33. The Morgan fingerprint density at radius 3 is 2.24 bits per heavy atom. The number of hydrogen-bond donors (Lipinski definition) is 1. The van der Waals surface area contributed by atoms with Crippen LogP contribution in [0, 0.1) is 0 Å². The van der Waals surface area contributed by atoms with Crippen LogP contribution in [0.4, 0.5) is 4.79 Å². The van der Waals surface area contributed by atoms with E-state index in [4.69, 9.17) is 15.2 Å². The molecule has 0 amide bonds. The summed E-state index contributed by atoms with van der Waals surface area (Å²) in [5.74, 6) is -0.108. The molecule has 6 nitrogen and oxygen atoms in total. The second kappa shape index (κ2) is 7.08. The van der Waals surface area contributed by atoms with Gasteiger partial charge < -0.3 is 19.9 Å². The van der Waals surface area contributed by atoms with Gasteiger partial charge in [-0.05, 0) is 44.9 Å². The van der Waals surface area contributed by atoms with Gasteiger partial charge in [0.25, 0.3) is 0 Å². The van der Waals surface area contributed by atoms with Gasteiger partial charge in [-0.1, -0.05) is 12.1 Å². The molecule has 0 aliphatic carbocycles. The minimum Gasteiger partial charge on any atom is -0.468 e. The molecule has 0 saturated carbocycles. The van der Waals surface area contributed by atoms with Gasteiger partial charge >= 0.3 is 12.1 Å². The van der Waals surface area contributed by atoms with E-state index in [-0.39, 0.29) is 0 Å². The average Bonchev–Trinajstić information content (AvgIpc) is 2.37. The fourth-order valence-electron chi connectivity index (χ4n) is 1.55. The molecule has 0 aromatic heterocycles. The molecular weight excluding hydrogens is 274 g/mol. The maximum Gasteiger partial charge on any atom is 0.514 e. The molecule has 0 bridgehead atoms. The number of hydrogen-bond acceptors (Lipinski definition) is 6. The first-order chi connectivity index (χ1) is 9.71. The highest BCUT2D eigenvalue weighted by atomic mass is 16.7. The van der Waals surface area contributed by atoms with Crippen LogP contribution in [0.2, 0.25) is 0 Å². The smallest absolute Gasteiger partial charge is 0.468 e. The zero-order valence-corrected chi connectivity index (χ0v) is 12.7. The number of ether oxygens (including phenoxy) is 3. The van der Waals surface area contributed by atoms with Gasteiger partial charge in [0, 0.05) is 0 Å². The summed E-state index contributed by atoms with van der Waals surface area (Å²) in [6.45, 7) is 5.27. The summed E-state index contributed by atoms with van der Waals surface area (Å²) >= 11 is 0. The van der Waals surface area contributed by atoms with E-state index in [1.165, 1.54) is 7.11 Å². The lowest BCUT2D eigenvalue weighted by Gasteiger charge is -2.18. The molecule has 0 fully saturated rings. The van der Waals surface area contributed by atoms with Crippen molar-refractivity contribution in [3.63, 3.8) is 0 Å². The Balaban J connectivity index is 2.58. The fraction of sp³-hybridized carbons (Fsp3) is 0.467. The lowest BCUT2D eigenvalue weighted by molar-refractivity contribution is -0.142. The molecule has 6 heteroatoms. The summed E-state index contributed by atoms with van der Waals surface area (Å²) in [5, 5.41) is 0. The highest BCUT2D eigenvalue weighted by Crippen LogP contribution is 2.16. The first kappa shape index (κ1) is 17.0. The Labute approximate surface area is 124 Å². The zero-order valence-electron chi connectivity index (χ0n) is 12.7. The first-order valence-electron chi connectivity index (χ1n) is 6.54. The number of carbonyl (C=O) groups excluding carboxylic acids is 2. The molecule has 0 aliphatic rings. The van der Waals surface area contributed by atoms with E-state index in [2.05, 4.69) is 4.74 Å². The first-order valence-corrected chi connectivity index (χ1v) is 6.54. The van der Waals surface area contributed by atoms with Gasteiger partial charge in [0.1, 0.15) is 17.4 Å². The van der Waals surface area contributed by atoms with E-state index < -0.39 is 23.8 Å². The molecule has 1 aromatic carbocycles. The normalized spacial score (nSPS) is 12.4. The maximum atomic E-state index is 11.5. The van der Waals surface area contributed by atoms with Crippen molar-refractivity contribution in [3.05, 3.63) is 29.8 Å². The summed E-state index contributed by atoms with van der Waals surface area (Å²) in [4.78, 5) is 22.7. The number of carbonyl (C=O) groups is 2. The molecule has 116 valence electrons. The third-order valence-corrected chi connectivity index (χ3v) is 2.47. The summed E-state index contributed by atoms with van der Waals surface area (Å²) < 4.78 is 14.6. The molecule has 0 spiro atoms. The monoisotopic (exact) mass is 295 g/mol. The van der Waals surface area contributed by atoms with E-state index in [1.54, 1.807) is 45.0 Å². The van der Waals surface area contributed by atoms with Gasteiger partial charge in [0.2, 0.25) is 0 Å². The summed E-state index contributed by atoms with van der Waals surface area (Å²) in [7, 11) is 1.29. The van der Waals surface area contributed by atoms with Crippen molar-refractivity contribution in [2.24, 2.45) is 5.73 Å². The van der Waals surface area contributed by atoms with Crippen molar-refractivity contribution >= 4 is 12.1 Å². The average molecular weight is 295 g/mol. The van der Waals surface area contributed by atoms with Crippen molar-refractivity contribution in [3.8, 4) is 5.75 Å². The molecule has 1 aromatic rings. The van der Waals surface area contributed by atoms with Crippen LogP contribution in [0.5, 0.6) is 5.75 Å². The van der Waals surface area contributed by atoms with Gasteiger partial charge in [-0.15, -0.1) is 0 Å². The third-order valence-electron chi connectivity index (χ3n) is 2.47. The Bertz CT molecular complexity index is 490. The second-order valence-electron chi connectivity index (χ2n) is 5.54. The van der Waals surface area contributed by atoms with Crippen LogP contribution < -0.4 is 10.5 Å². The van der Waals surface area contributed by atoms with Crippen LogP contribution in [-0.2, 0) is 20.7 Å². The molecule has 1 unspecified atom stereocenters. The number of methoxy groups -OCH3 is 1. The Morgan fingerprint density at radius 2 is 1.76 bits per heavy atom. The number of esters is 1. The summed E-state index contributed by atoms with van der Waals surface area (Å²) in [6.07, 6.45) is -0.416. The van der Waals surface area contributed by atoms with Gasteiger partial charge in [0.15, 0.2) is 0 Å². The molecular formula is C15H21NO5. The standard InChI is InChI=1S/C15H21NO5/c1-15(2,3)21-14(18)20-11-7-5-10(6-8-11)9-12(16)13(17)19-4/h5-8,12H,9,16H2,1-4H3. The van der Waals surface area contributed by atoms with Gasteiger partial charge in [-0.25, -0.2) is 4.79 Å². The molecule has 0 radical (unpaired) electrons. The molecule has 1 rings (SSSR count). The number of benzene rings is 1. The molecule has 0 aliphatic heterocycles. The topological polar surface area (TPSA) is 87.9 Å². The Morgan fingerprint density at radius 1 is 1.19 bits per heavy atom. The summed E-state index contributed by atoms with van der Waals surface area (Å²) in [5.41, 5.74) is 5.90. The SMILES string of the molecule is COC(=O)C(N)Cc1ccc(OC(=O)OC(C)(C)C)cc1. The van der Waals surface area contributed by atoms with E-state index in [1.807, 2.05) is 0 Å².